The molecule has 3 heteroatoms. The summed E-state index contributed by atoms with van der Waals surface area (Å²) in [6.45, 7) is 2.19. The number of hydrogen-bond donors (Lipinski definition) is 1. The van der Waals surface area contributed by atoms with Gasteiger partial charge in [-0.1, -0.05) is 30.3 Å². The molecular formula is C15H17N3. The van der Waals surface area contributed by atoms with Crippen LogP contribution in [0.1, 0.15) is 24.5 Å². The van der Waals surface area contributed by atoms with Crippen LogP contribution in [0.5, 0.6) is 0 Å². The molecule has 0 bridgehead atoms. The summed E-state index contributed by atoms with van der Waals surface area (Å²) in [6, 6.07) is 12.2. The van der Waals surface area contributed by atoms with Gasteiger partial charge in [0, 0.05) is 23.4 Å². The van der Waals surface area contributed by atoms with E-state index >= 15 is 0 Å². The maximum atomic E-state index is 4.73. The van der Waals surface area contributed by atoms with Gasteiger partial charge in [0.05, 0.1) is 0 Å². The van der Waals surface area contributed by atoms with E-state index in [-0.39, 0.29) is 0 Å². The smallest absolute Gasteiger partial charge is 0.159 e. The standard InChI is InChI=1S/C15H17N3/c1-2-4-13(5-3-1)15-17-11-8-14(18-15)12-6-9-16-10-7-12/h1-5,8,11-12,16H,6-7,9-10H2. The van der Waals surface area contributed by atoms with E-state index in [0.29, 0.717) is 5.92 Å². The number of hydrogen-bond acceptors (Lipinski definition) is 3. The minimum Gasteiger partial charge on any atom is -0.317 e. The molecule has 3 nitrogen and oxygen atoms in total. The normalized spacial score (nSPS) is 16.7. The average Bonchev–Trinajstić information content (AvgIpc) is 2.49. The van der Waals surface area contributed by atoms with Gasteiger partial charge < -0.3 is 5.32 Å². The summed E-state index contributed by atoms with van der Waals surface area (Å²) in [5, 5.41) is 3.39. The van der Waals surface area contributed by atoms with Crippen molar-refractivity contribution >= 4 is 0 Å². The molecule has 0 unspecified atom stereocenters. The van der Waals surface area contributed by atoms with E-state index in [1.165, 1.54) is 18.5 Å². The van der Waals surface area contributed by atoms with Gasteiger partial charge in [0.25, 0.3) is 0 Å². The van der Waals surface area contributed by atoms with E-state index in [4.69, 9.17) is 4.98 Å². The van der Waals surface area contributed by atoms with Crippen LogP contribution < -0.4 is 5.32 Å². The van der Waals surface area contributed by atoms with Crippen LogP contribution in [0.15, 0.2) is 42.6 Å². The zero-order valence-corrected chi connectivity index (χ0v) is 10.3. The van der Waals surface area contributed by atoms with Crippen LogP contribution >= 0.6 is 0 Å². The maximum Gasteiger partial charge on any atom is 0.159 e. The number of benzene rings is 1. The van der Waals surface area contributed by atoms with E-state index in [9.17, 15) is 0 Å². The van der Waals surface area contributed by atoms with E-state index in [1.54, 1.807) is 0 Å². The van der Waals surface area contributed by atoms with Crippen molar-refractivity contribution in [1.29, 1.82) is 0 Å². The number of nitrogens with one attached hydrogen (secondary N) is 1. The fourth-order valence-electron chi connectivity index (χ4n) is 2.44. The summed E-state index contributed by atoms with van der Waals surface area (Å²) >= 11 is 0. The third kappa shape index (κ3) is 2.41. The van der Waals surface area contributed by atoms with E-state index in [0.717, 1.165) is 24.5 Å². The maximum absolute atomic E-state index is 4.73. The fraction of sp³-hybridized carbons (Fsp3) is 0.333. The third-order valence-corrected chi connectivity index (χ3v) is 3.47. The van der Waals surface area contributed by atoms with Crippen LogP contribution in [0.25, 0.3) is 11.4 Å². The number of aromatic nitrogens is 2. The molecule has 1 aromatic carbocycles. The van der Waals surface area contributed by atoms with Gasteiger partial charge in [0.1, 0.15) is 0 Å². The first-order valence-corrected chi connectivity index (χ1v) is 6.52. The quantitative estimate of drug-likeness (QED) is 0.875. The first-order valence-electron chi connectivity index (χ1n) is 6.52. The molecule has 0 aliphatic carbocycles. The van der Waals surface area contributed by atoms with Gasteiger partial charge in [-0.05, 0) is 32.0 Å². The molecule has 1 saturated heterocycles. The summed E-state index contributed by atoms with van der Waals surface area (Å²) in [4.78, 5) is 9.11. The minimum atomic E-state index is 0.580. The Morgan fingerprint density at radius 2 is 1.78 bits per heavy atom. The van der Waals surface area contributed by atoms with Crippen molar-refractivity contribution in [2.45, 2.75) is 18.8 Å². The van der Waals surface area contributed by atoms with Crippen LogP contribution in [0.4, 0.5) is 0 Å². The van der Waals surface area contributed by atoms with Crippen molar-refractivity contribution in [2.75, 3.05) is 13.1 Å². The van der Waals surface area contributed by atoms with Crippen molar-refractivity contribution in [1.82, 2.24) is 15.3 Å². The Balaban J connectivity index is 1.89. The largest absolute Gasteiger partial charge is 0.317 e. The highest BCUT2D eigenvalue weighted by Crippen LogP contribution is 2.24. The molecular weight excluding hydrogens is 222 g/mol. The first kappa shape index (κ1) is 11.4. The topological polar surface area (TPSA) is 37.8 Å². The number of nitrogens with zero attached hydrogens (tertiary/aromatic N) is 2. The van der Waals surface area contributed by atoms with Crippen molar-refractivity contribution in [3.8, 4) is 11.4 Å². The summed E-state index contributed by atoms with van der Waals surface area (Å²) in [5.74, 6) is 1.42. The molecule has 0 radical (unpaired) electrons. The number of rotatable bonds is 2. The second-order valence-electron chi connectivity index (χ2n) is 4.70. The van der Waals surface area contributed by atoms with Gasteiger partial charge in [-0.3, -0.25) is 0 Å². The highest BCUT2D eigenvalue weighted by Gasteiger charge is 2.17. The zero-order valence-electron chi connectivity index (χ0n) is 10.3. The zero-order chi connectivity index (χ0) is 12.2. The minimum absolute atomic E-state index is 0.580. The predicted molar refractivity (Wildman–Crippen MR) is 72.3 cm³/mol. The molecule has 0 amide bonds. The summed E-state index contributed by atoms with van der Waals surface area (Å²) in [6.07, 6.45) is 4.23. The average molecular weight is 239 g/mol. The lowest BCUT2D eigenvalue weighted by Gasteiger charge is -2.22. The lowest BCUT2D eigenvalue weighted by molar-refractivity contribution is 0.453. The van der Waals surface area contributed by atoms with Crippen LogP contribution in [0.2, 0.25) is 0 Å². The van der Waals surface area contributed by atoms with Crippen molar-refractivity contribution < 1.29 is 0 Å². The van der Waals surface area contributed by atoms with Gasteiger partial charge in [-0.2, -0.15) is 0 Å². The van der Waals surface area contributed by atoms with Gasteiger partial charge in [-0.15, -0.1) is 0 Å². The lowest BCUT2D eigenvalue weighted by Crippen LogP contribution is -2.27. The molecule has 92 valence electrons. The fourth-order valence-corrected chi connectivity index (χ4v) is 2.44. The molecule has 0 spiro atoms. The Hall–Kier alpha value is -1.74. The van der Waals surface area contributed by atoms with Crippen LogP contribution in [0, 0.1) is 0 Å². The summed E-state index contributed by atoms with van der Waals surface area (Å²) in [5.41, 5.74) is 2.28. The van der Waals surface area contributed by atoms with Crippen molar-refractivity contribution in [3.05, 3.63) is 48.3 Å². The molecule has 0 atom stereocenters. The van der Waals surface area contributed by atoms with Crippen LogP contribution in [0.3, 0.4) is 0 Å². The second kappa shape index (κ2) is 5.27. The Morgan fingerprint density at radius 3 is 2.56 bits per heavy atom. The molecule has 1 aromatic heterocycles. The van der Waals surface area contributed by atoms with Crippen molar-refractivity contribution in [2.24, 2.45) is 0 Å². The molecule has 2 aromatic rings. The molecule has 1 aliphatic heterocycles. The lowest BCUT2D eigenvalue weighted by atomic mass is 9.94. The van der Waals surface area contributed by atoms with E-state index < -0.39 is 0 Å². The van der Waals surface area contributed by atoms with Gasteiger partial charge in [0.2, 0.25) is 0 Å². The van der Waals surface area contributed by atoms with Crippen LogP contribution in [-0.4, -0.2) is 23.1 Å². The van der Waals surface area contributed by atoms with Gasteiger partial charge >= 0.3 is 0 Å². The van der Waals surface area contributed by atoms with Crippen LogP contribution in [-0.2, 0) is 0 Å². The molecule has 1 fully saturated rings. The Morgan fingerprint density at radius 1 is 1.00 bits per heavy atom. The highest BCUT2D eigenvalue weighted by molar-refractivity contribution is 5.54. The Kier molecular flexibility index (Phi) is 3.33. The SMILES string of the molecule is c1ccc(-c2nccc(C3CCNCC3)n2)cc1. The Bertz CT molecular complexity index is 504. The predicted octanol–water partition coefficient (Wildman–Crippen LogP) is 2.61. The molecule has 2 heterocycles. The highest BCUT2D eigenvalue weighted by atomic mass is 14.9. The first-order chi connectivity index (χ1) is 8.93. The summed E-state index contributed by atoms with van der Waals surface area (Å²) < 4.78 is 0. The van der Waals surface area contributed by atoms with Gasteiger partial charge in [-0.25, -0.2) is 9.97 Å². The molecule has 1 aliphatic rings. The van der Waals surface area contributed by atoms with Crippen molar-refractivity contribution in [3.63, 3.8) is 0 Å². The second-order valence-corrected chi connectivity index (χ2v) is 4.70. The van der Waals surface area contributed by atoms with E-state index in [1.807, 2.05) is 24.4 Å². The van der Waals surface area contributed by atoms with Gasteiger partial charge in [0.15, 0.2) is 5.82 Å². The molecule has 18 heavy (non-hydrogen) atoms. The van der Waals surface area contributed by atoms with E-state index in [2.05, 4.69) is 28.5 Å². The Labute approximate surface area is 107 Å². The summed E-state index contributed by atoms with van der Waals surface area (Å²) in [7, 11) is 0. The number of piperidine rings is 1. The monoisotopic (exact) mass is 239 g/mol. The molecule has 0 saturated carbocycles. The third-order valence-electron chi connectivity index (χ3n) is 3.47. The molecule has 3 rings (SSSR count). The molecule has 1 N–H and O–H groups in total.